The summed E-state index contributed by atoms with van der Waals surface area (Å²) in [4.78, 5) is 27.7. The SMILES string of the molecule is O=c1c2cc(N3CCN(c4nc5ccccc5o4)CC3)c3ccccc3c2ncn1[C@H]1CCCC[C@@H]1O. The van der Waals surface area contributed by atoms with E-state index in [1.165, 1.54) is 0 Å². The van der Waals surface area contributed by atoms with Gasteiger partial charge >= 0.3 is 0 Å². The van der Waals surface area contributed by atoms with Crippen LogP contribution in [-0.4, -0.2) is 51.9 Å². The second kappa shape index (κ2) is 8.88. The first-order chi connectivity index (χ1) is 18.2. The zero-order chi connectivity index (χ0) is 24.9. The van der Waals surface area contributed by atoms with E-state index >= 15 is 0 Å². The van der Waals surface area contributed by atoms with E-state index in [0.29, 0.717) is 11.4 Å². The highest BCUT2D eigenvalue weighted by atomic mass is 16.4. The quantitative estimate of drug-likeness (QED) is 0.369. The Balaban J connectivity index is 1.25. The zero-order valence-electron chi connectivity index (χ0n) is 20.6. The zero-order valence-corrected chi connectivity index (χ0v) is 20.6. The van der Waals surface area contributed by atoms with Gasteiger partial charge in [-0.05, 0) is 31.0 Å². The van der Waals surface area contributed by atoms with E-state index in [1.54, 1.807) is 10.9 Å². The lowest BCUT2D eigenvalue weighted by atomic mass is 9.92. The monoisotopic (exact) mass is 495 g/mol. The topological polar surface area (TPSA) is 87.6 Å². The van der Waals surface area contributed by atoms with Gasteiger partial charge in [-0.25, -0.2) is 4.98 Å². The average molecular weight is 496 g/mol. The molecule has 3 aromatic carbocycles. The van der Waals surface area contributed by atoms with E-state index in [0.717, 1.165) is 84.9 Å². The van der Waals surface area contributed by atoms with Crippen molar-refractivity contribution in [2.75, 3.05) is 36.0 Å². The first-order valence-corrected chi connectivity index (χ1v) is 13.1. The smallest absolute Gasteiger partial charge is 0.298 e. The number of para-hydroxylation sites is 2. The Bertz CT molecular complexity index is 1630. The van der Waals surface area contributed by atoms with Gasteiger partial charge in [0.25, 0.3) is 11.6 Å². The van der Waals surface area contributed by atoms with Crippen LogP contribution in [0.5, 0.6) is 0 Å². The highest BCUT2D eigenvalue weighted by Crippen LogP contribution is 2.34. The molecule has 1 N–H and O–H groups in total. The van der Waals surface area contributed by atoms with Crippen molar-refractivity contribution in [1.29, 1.82) is 0 Å². The third-order valence-electron chi connectivity index (χ3n) is 8.00. The molecule has 1 saturated carbocycles. The second-order valence-corrected chi connectivity index (χ2v) is 10.2. The first kappa shape index (κ1) is 22.3. The van der Waals surface area contributed by atoms with Gasteiger partial charge in [-0.1, -0.05) is 49.2 Å². The molecule has 0 radical (unpaired) electrons. The van der Waals surface area contributed by atoms with Gasteiger partial charge in [-0.3, -0.25) is 9.36 Å². The Kier molecular flexibility index (Phi) is 5.35. The largest absolute Gasteiger partial charge is 0.423 e. The molecule has 7 rings (SSSR count). The van der Waals surface area contributed by atoms with E-state index in [2.05, 4.69) is 20.9 Å². The molecule has 8 heteroatoms. The van der Waals surface area contributed by atoms with E-state index in [1.807, 2.05) is 48.5 Å². The number of rotatable bonds is 3. The fourth-order valence-corrected chi connectivity index (χ4v) is 6.00. The van der Waals surface area contributed by atoms with Crippen LogP contribution in [0.4, 0.5) is 11.7 Å². The summed E-state index contributed by atoms with van der Waals surface area (Å²) in [6, 6.07) is 18.5. The lowest BCUT2D eigenvalue weighted by molar-refractivity contribution is 0.0735. The lowest BCUT2D eigenvalue weighted by Gasteiger charge is -2.36. The van der Waals surface area contributed by atoms with E-state index in [4.69, 9.17) is 9.40 Å². The van der Waals surface area contributed by atoms with Crippen LogP contribution in [0.1, 0.15) is 31.7 Å². The maximum atomic E-state index is 13.7. The lowest BCUT2D eigenvalue weighted by Crippen LogP contribution is -2.46. The number of anilines is 2. The summed E-state index contributed by atoms with van der Waals surface area (Å²) in [6.45, 7) is 3.10. The van der Waals surface area contributed by atoms with Gasteiger partial charge in [0.05, 0.1) is 29.4 Å². The van der Waals surface area contributed by atoms with Crippen LogP contribution >= 0.6 is 0 Å². The molecule has 188 valence electrons. The minimum Gasteiger partial charge on any atom is -0.423 e. The van der Waals surface area contributed by atoms with Crippen LogP contribution in [0.25, 0.3) is 32.8 Å². The number of aliphatic hydroxyl groups is 1. The van der Waals surface area contributed by atoms with Gasteiger partial charge in [0.2, 0.25) is 0 Å². The van der Waals surface area contributed by atoms with Crippen molar-refractivity contribution in [2.24, 2.45) is 0 Å². The highest BCUT2D eigenvalue weighted by molar-refractivity contribution is 6.11. The molecule has 0 spiro atoms. The van der Waals surface area contributed by atoms with Crippen molar-refractivity contribution >= 4 is 44.5 Å². The summed E-state index contributed by atoms with van der Waals surface area (Å²) < 4.78 is 7.66. The van der Waals surface area contributed by atoms with Crippen LogP contribution < -0.4 is 15.4 Å². The normalized spacial score (nSPS) is 20.8. The van der Waals surface area contributed by atoms with Crippen LogP contribution in [0.3, 0.4) is 0 Å². The number of benzene rings is 3. The average Bonchev–Trinajstić information content (AvgIpc) is 3.38. The number of piperazine rings is 1. The maximum Gasteiger partial charge on any atom is 0.298 e. The minimum absolute atomic E-state index is 0.0759. The van der Waals surface area contributed by atoms with Crippen molar-refractivity contribution in [1.82, 2.24) is 14.5 Å². The summed E-state index contributed by atoms with van der Waals surface area (Å²) >= 11 is 0. The van der Waals surface area contributed by atoms with Crippen LogP contribution in [-0.2, 0) is 0 Å². The minimum atomic E-state index is -0.509. The van der Waals surface area contributed by atoms with E-state index in [9.17, 15) is 9.90 Å². The summed E-state index contributed by atoms with van der Waals surface area (Å²) in [5, 5.41) is 13.3. The van der Waals surface area contributed by atoms with Gasteiger partial charge < -0.3 is 19.3 Å². The van der Waals surface area contributed by atoms with Gasteiger partial charge in [-0.2, -0.15) is 4.98 Å². The third-order valence-corrected chi connectivity index (χ3v) is 8.00. The molecule has 5 aromatic rings. The van der Waals surface area contributed by atoms with E-state index in [-0.39, 0.29) is 11.6 Å². The molecule has 2 aromatic heterocycles. The second-order valence-electron chi connectivity index (χ2n) is 10.2. The number of oxazole rings is 1. The molecule has 1 aliphatic heterocycles. The van der Waals surface area contributed by atoms with Crippen molar-refractivity contribution in [3.05, 3.63) is 71.3 Å². The Hall–Kier alpha value is -3.91. The summed E-state index contributed by atoms with van der Waals surface area (Å²) in [7, 11) is 0. The standard InChI is InChI=1S/C29H29N5O3/c35-25-11-5-4-10-23(25)34-18-30-27-20-8-2-1-7-19(20)24(17-21(27)28(34)36)32-13-15-33(16-14-32)29-31-22-9-3-6-12-26(22)37-29/h1-3,6-9,12,17-18,23,25,35H,4-5,10-11,13-16H2/t23-,25-/m0/s1. The third kappa shape index (κ3) is 3.74. The van der Waals surface area contributed by atoms with E-state index < -0.39 is 6.10 Å². The van der Waals surface area contributed by atoms with Gasteiger partial charge in [0, 0.05) is 42.6 Å². The predicted molar refractivity (Wildman–Crippen MR) is 145 cm³/mol. The molecule has 0 bridgehead atoms. The van der Waals surface area contributed by atoms with Crippen molar-refractivity contribution in [3.8, 4) is 0 Å². The van der Waals surface area contributed by atoms with Crippen LogP contribution in [0.15, 0.2) is 70.1 Å². The van der Waals surface area contributed by atoms with Gasteiger partial charge in [0.15, 0.2) is 5.58 Å². The van der Waals surface area contributed by atoms with Crippen LogP contribution in [0.2, 0.25) is 0 Å². The molecule has 1 aliphatic carbocycles. The molecule has 2 atom stereocenters. The van der Waals surface area contributed by atoms with Gasteiger partial charge in [0.1, 0.15) is 5.52 Å². The predicted octanol–water partition coefficient (Wildman–Crippen LogP) is 4.49. The molecule has 1 saturated heterocycles. The highest BCUT2D eigenvalue weighted by Gasteiger charge is 2.27. The molecule has 3 heterocycles. The molecule has 8 nitrogen and oxygen atoms in total. The fraction of sp³-hybridized carbons (Fsp3) is 0.345. The maximum absolute atomic E-state index is 13.7. The summed E-state index contributed by atoms with van der Waals surface area (Å²) in [5.74, 6) is 0. The van der Waals surface area contributed by atoms with Gasteiger partial charge in [-0.15, -0.1) is 0 Å². The van der Waals surface area contributed by atoms with Crippen molar-refractivity contribution < 1.29 is 9.52 Å². The molecule has 0 amide bonds. The number of fused-ring (bicyclic) bond motifs is 4. The Morgan fingerprint density at radius 3 is 2.41 bits per heavy atom. The summed E-state index contributed by atoms with van der Waals surface area (Å²) in [6.07, 6.45) is 4.66. The molecular weight excluding hydrogens is 466 g/mol. The number of aromatic nitrogens is 3. The Labute approximate surface area is 213 Å². The van der Waals surface area contributed by atoms with Crippen molar-refractivity contribution in [2.45, 2.75) is 37.8 Å². The number of hydrogen-bond donors (Lipinski definition) is 1. The van der Waals surface area contributed by atoms with Crippen molar-refractivity contribution in [3.63, 3.8) is 0 Å². The van der Waals surface area contributed by atoms with Crippen LogP contribution in [0, 0.1) is 0 Å². The molecule has 37 heavy (non-hydrogen) atoms. The number of hydrogen-bond acceptors (Lipinski definition) is 7. The summed E-state index contributed by atoms with van der Waals surface area (Å²) in [5.41, 5.74) is 3.35. The molecular formula is C29H29N5O3. The molecule has 0 unspecified atom stereocenters. The fourth-order valence-electron chi connectivity index (χ4n) is 6.00. The molecule has 2 fully saturated rings. The first-order valence-electron chi connectivity index (χ1n) is 13.1. The Morgan fingerprint density at radius 1 is 0.865 bits per heavy atom. The number of aliphatic hydroxyl groups excluding tert-OH is 1. The Morgan fingerprint density at radius 2 is 1.59 bits per heavy atom. The number of nitrogens with zero attached hydrogens (tertiary/aromatic N) is 5. The molecule has 2 aliphatic rings.